The van der Waals surface area contributed by atoms with Gasteiger partial charge in [0.2, 0.25) is 0 Å². The molecule has 1 rings (SSSR count). The fourth-order valence-electron chi connectivity index (χ4n) is 1.04. The molecule has 1 aliphatic rings. The van der Waals surface area contributed by atoms with E-state index in [9.17, 15) is 0 Å². The molecular formula is C7H13O. The second-order valence-electron chi connectivity index (χ2n) is 2.57. The van der Waals surface area contributed by atoms with Gasteiger partial charge in [0.1, 0.15) is 0 Å². The van der Waals surface area contributed by atoms with Crippen LogP contribution in [0.4, 0.5) is 0 Å². The van der Waals surface area contributed by atoms with E-state index in [-0.39, 0.29) is 0 Å². The molecule has 0 heterocycles. The van der Waals surface area contributed by atoms with Gasteiger partial charge in [-0.05, 0) is 31.1 Å². The molecule has 1 heteroatoms. The molecule has 0 aliphatic heterocycles. The molecule has 1 nitrogen and oxygen atoms in total. The summed E-state index contributed by atoms with van der Waals surface area (Å²) in [7, 11) is 0. The van der Waals surface area contributed by atoms with Crippen LogP contribution in [0.3, 0.4) is 0 Å². The summed E-state index contributed by atoms with van der Waals surface area (Å²) in [6.45, 7) is 4.10. The average molecular weight is 113 g/mol. The van der Waals surface area contributed by atoms with Gasteiger partial charge in [-0.3, -0.25) is 0 Å². The summed E-state index contributed by atoms with van der Waals surface area (Å²) in [6, 6.07) is 0. The van der Waals surface area contributed by atoms with Crippen LogP contribution in [-0.4, -0.2) is 11.7 Å². The van der Waals surface area contributed by atoms with E-state index in [0.717, 1.165) is 12.3 Å². The van der Waals surface area contributed by atoms with Gasteiger partial charge in [-0.15, -0.1) is 0 Å². The Morgan fingerprint density at radius 2 is 2.25 bits per heavy atom. The van der Waals surface area contributed by atoms with Crippen molar-refractivity contribution in [2.75, 3.05) is 6.61 Å². The second kappa shape index (κ2) is 2.49. The van der Waals surface area contributed by atoms with Crippen molar-refractivity contribution in [3.05, 3.63) is 6.92 Å². The Hall–Kier alpha value is -0.0400. The van der Waals surface area contributed by atoms with Crippen molar-refractivity contribution < 1.29 is 5.11 Å². The van der Waals surface area contributed by atoms with Gasteiger partial charge < -0.3 is 5.11 Å². The summed E-state index contributed by atoms with van der Waals surface area (Å²) in [5.74, 6) is 1.33. The van der Waals surface area contributed by atoms with Crippen molar-refractivity contribution in [3.63, 3.8) is 0 Å². The lowest BCUT2D eigenvalue weighted by molar-refractivity contribution is 0.211. The van der Waals surface area contributed by atoms with E-state index in [2.05, 4.69) is 6.92 Å². The lowest BCUT2D eigenvalue weighted by Crippen LogP contribution is -2.05. The zero-order chi connectivity index (χ0) is 5.98. The highest BCUT2D eigenvalue weighted by atomic mass is 16.3. The third-order valence-electron chi connectivity index (χ3n) is 1.89. The van der Waals surface area contributed by atoms with E-state index in [1.54, 1.807) is 0 Å². The number of hydrogen-bond acceptors (Lipinski definition) is 1. The number of aliphatic hydroxyl groups excluding tert-OH is 1. The molecule has 0 amide bonds. The molecule has 0 bridgehead atoms. The highest BCUT2D eigenvalue weighted by Crippen LogP contribution is 2.37. The maximum absolute atomic E-state index is 8.70. The summed E-state index contributed by atoms with van der Waals surface area (Å²) < 4.78 is 0. The summed E-state index contributed by atoms with van der Waals surface area (Å²) >= 11 is 0. The van der Waals surface area contributed by atoms with Crippen LogP contribution >= 0.6 is 0 Å². The lowest BCUT2D eigenvalue weighted by atomic mass is 10.0. The standard InChI is InChI=1S/C7H13O/c1-2-6(5-8)7-3-4-7/h6-8H,1-5H2. The Morgan fingerprint density at radius 1 is 1.62 bits per heavy atom. The first-order valence-corrected chi connectivity index (χ1v) is 3.28. The fraction of sp³-hybridized carbons (Fsp3) is 0.857. The molecular weight excluding hydrogens is 100 g/mol. The van der Waals surface area contributed by atoms with Crippen LogP contribution < -0.4 is 0 Å². The Kier molecular flexibility index (Phi) is 1.90. The Balaban J connectivity index is 2.15. The molecule has 0 aromatic carbocycles. The molecule has 1 fully saturated rings. The topological polar surface area (TPSA) is 20.2 Å². The first-order chi connectivity index (χ1) is 3.88. The third kappa shape index (κ3) is 1.22. The van der Waals surface area contributed by atoms with E-state index < -0.39 is 0 Å². The fourth-order valence-corrected chi connectivity index (χ4v) is 1.04. The third-order valence-corrected chi connectivity index (χ3v) is 1.89. The molecule has 0 aromatic rings. The van der Waals surface area contributed by atoms with Gasteiger partial charge in [-0.25, -0.2) is 0 Å². The molecule has 8 heavy (non-hydrogen) atoms. The molecule has 1 unspecified atom stereocenters. The summed E-state index contributed by atoms with van der Waals surface area (Å²) in [5.41, 5.74) is 0. The van der Waals surface area contributed by atoms with E-state index >= 15 is 0 Å². The molecule has 0 spiro atoms. The number of hydrogen-bond donors (Lipinski definition) is 1. The van der Waals surface area contributed by atoms with Crippen molar-refractivity contribution >= 4 is 0 Å². The first kappa shape index (κ1) is 6.09. The molecule has 1 atom stereocenters. The minimum absolute atomic E-state index is 0.341. The van der Waals surface area contributed by atoms with E-state index in [1.807, 2.05) is 0 Å². The quantitative estimate of drug-likeness (QED) is 0.583. The van der Waals surface area contributed by atoms with Gasteiger partial charge in [-0.1, -0.05) is 6.92 Å². The largest absolute Gasteiger partial charge is 0.396 e. The van der Waals surface area contributed by atoms with Crippen LogP contribution in [-0.2, 0) is 0 Å². The maximum atomic E-state index is 8.70. The van der Waals surface area contributed by atoms with Gasteiger partial charge in [0.15, 0.2) is 0 Å². The Morgan fingerprint density at radius 3 is 2.38 bits per heavy atom. The summed E-state index contributed by atoms with van der Waals surface area (Å²) in [4.78, 5) is 0. The van der Waals surface area contributed by atoms with Crippen molar-refractivity contribution in [2.24, 2.45) is 11.8 Å². The van der Waals surface area contributed by atoms with E-state index in [4.69, 9.17) is 5.11 Å². The Bertz CT molecular complexity index is 62.8. The average Bonchev–Trinajstić information content (AvgIpc) is 2.53. The predicted octanol–water partition coefficient (Wildman–Crippen LogP) is 1.23. The van der Waals surface area contributed by atoms with Crippen LogP contribution in [0.5, 0.6) is 0 Å². The van der Waals surface area contributed by atoms with Crippen molar-refractivity contribution in [2.45, 2.75) is 19.3 Å². The van der Waals surface area contributed by atoms with Crippen LogP contribution in [0.15, 0.2) is 0 Å². The molecule has 1 aliphatic carbocycles. The zero-order valence-corrected chi connectivity index (χ0v) is 5.14. The molecule has 47 valence electrons. The highest BCUT2D eigenvalue weighted by molar-refractivity contribution is 4.80. The normalized spacial score (nSPS) is 23.2. The van der Waals surface area contributed by atoms with E-state index in [0.29, 0.717) is 12.5 Å². The lowest BCUT2D eigenvalue weighted by Gasteiger charge is -2.06. The van der Waals surface area contributed by atoms with Crippen LogP contribution in [0.2, 0.25) is 0 Å². The highest BCUT2D eigenvalue weighted by Gasteiger charge is 2.28. The van der Waals surface area contributed by atoms with Crippen LogP contribution in [0.1, 0.15) is 19.3 Å². The summed E-state index contributed by atoms with van der Waals surface area (Å²) in [6.07, 6.45) is 3.54. The molecule has 0 aromatic heterocycles. The van der Waals surface area contributed by atoms with Gasteiger partial charge in [0.05, 0.1) is 0 Å². The number of rotatable bonds is 3. The van der Waals surface area contributed by atoms with Crippen molar-refractivity contribution in [1.29, 1.82) is 0 Å². The van der Waals surface area contributed by atoms with Crippen LogP contribution in [0, 0.1) is 18.8 Å². The Labute approximate surface area is 50.7 Å². The molecule has 1 radical (unpaired) electrons. The van der Waals surface area contributed by atoms with Gasteiger partial charge in [-0.2, -0.15) is 0 Å². The molecule has 1 saturated carbocycles. The van der Waals surface area contributed by atoms with Crippen LogP contribution in [0.25, 0.3) is 0 Å². The first-order valence-electron chi connectivity index (χ1n) is 3.28. The summed E-state index contributed by atoms with van der Waals surface area (Å²) in [5, 5.41) is 8.70. The van der Waals surface area contributed by atoms with Gasteiger partial charge in [0.25, 0.3) is 0 Å². The van der Waals surface area contributed by atoms with Gasteiger partial charge >= 0.3 is 0 Å². The number of aliphatic hydroxyl groups is 1. The van der Waals surface area contributed by atoms with Gasteiger partial charge in [0, 0.05) is 6.61 Å². The van der Waals surface area contributed by atoms with Crippen molar-refractivity contribution in [3.8, 4) is 0 Å². The zero-order valence-electron chi connectivity index (χ0n) is 5.14. The molecule has 1 N–H and O–H groups in total. The maximum Gasteiger partial charge on any atom is 0.0461 e. The van der Waals surface area contributed by atoms with E-state index in [1.165, 1.54) is 12.8 Å². The SMILES string of the molecule is [CH2]CC(CO)C1CC1. The minimum Gasteiger partial charge on any atom is -0.396 e. The second-order valence-corrected chi connectivity index (χ2v) is 2.57. The van der Waals surface area contributed by atoms with Crippen molar-refractivity contribution in [1.82, 2.24) is 0 Å². The minimum atomic E-state index is 0.341. The molecule has 0 saturated heterocycles. The monoisotopic (exact) mass is 113 g/mol. The predicted molar refractivity (Wildman–Crippen MR) is 33.3 cm³/mol. The smallest absolute Gasteiger partial charge is 0.0461 e.